The highest BCUT2D eigenvalue weighted by Gasteiger charge is 2.37. The molecular weight excluding hydrogens is 539 g/mol. The Hall–Kier alpha value is -2.35. The zero-order chi connectivity index (χ0) is 26.8. The van der Waals surface area contributed by atoms with E-state index in [1.165, 1.54) is 10.5 Å². The summed E-state index contributed by atoms with van der Waals surface area (Å²) in [7, 11) is 0. The highest BCUT2D eigenvalue weighted by molar-refractivity contribution is 7.90. The van der Waals surface area contributed by atoms with Crippen molar-refractivity contribution in [1.82, 2.24) is 9.80 Å². The van der Waals surface area contributed by atoms with Crippen LogP contribution >= 0.6 is 23.2 Å². The first-order valence-electron chi connectivity index (χ1n) is 12.9. The van der Waals surface area contributed by atoms with Crippen LogP contribution in [0.25, 0.3) is 0 Å². The van der Waals surface area contributed by atoms with Gasteiger partial charge in [0.05, 0.1) is 21.2 Å². The quantitative estimate of drug-likeness (QED) is 0.233. The fourth-order valence-electron chi connectivity index (χ4n) is 5.64. The first kappa shape index (κ1) is 27.2. The molecule has 3 aromatic carbocycles. The lowest BCUT2D eigenvalue weighted by Gasteiger charge is -2.34. The zero-order valence-corrected chi connectivity index (χ0v) is 23.6. The van der Waals surface area contributed by atoms with Crippen molar-refractivity contribution in [2.75, 3.05) is 32.4 Å². The highest BCUT2D eigenvalue weighted by Crippen LogP contribution is 2.34. The summed E-state index contributed by atoms with van der Waals surface area (Å²) in [5.41, 5.74) is 3.08. The van der Waals surface area contributed by atoms with Gasteiger partial charge in [-0.15, -0.1) is 0 Å². The Morgan fingerprint density at radius 3 is 2.18 bits per heavy atom. The third-order valence-corrected chi connectivity index (χ3v) is 9.48. The molecule has 2 aliphatic heterocycles. The average molecular weight is 570 g/mol. The van der Waals surface area contributed by atoms with Gasteiger partial charge in [0.1, 0.15) is 6.26 Å². The molecule has 2 aliphatic rings. The molecule has 2 atom stereocenters. The number of carbonyl (C=O) groups is 2. The Labute approximate surface area is 236 Å². The number of amides is 2. The minimum atomic E-state index is -1.00. The number of imide groups is 1. The molecule has 0 radical (unpaired) electrons. The van der Waals surface area contributed by atoms with E-state index in [0.717, 1.165) is 49.4 Å². The fourth-order valence-corrected chi connectivity index (χ4v) is 6.78. The Kier molecular flexibility index (Phi) is 8.46. The van der Waals surface area contributed by atoms with Gasteiger partial charge in [0.25, 0.3) is 11.8 Å². The number of hydrogen-bond acceptors (Lipinski definition) is 4. The maximum atomic E-state index is 13.1. The lowest BCUT2D eigenvalue weighted by molar-refractivity contribution is 0.0639. The second-order valence-electron chi connectivity index (χ2n) is 10.0. The van der Waals surface area contributed by atoms with Crippen LogP contribution in [0.5, 0.6) is 0 Å². The van der Waals surface area contributed by atoms with Crippen molar-refractivity contribution in [3.05, 3.63) is 99.0 Å². The van der Waals surface area contributed by atoms with Gasteiger partial charge in [0.2, 0.25) is 0 Å². The van der Waals surface area contributed by atoms with Gasteiger partial charge in [-0.1, -0.05) is 59.6 Å². The van der Waals surface area contributed by atoms with E-state index in [4.69, 9.17) is 23.2 Å². The predicted molar refractivity (Wildman–Crippen MR) is 153 cm³/mol. The molecule has 2 unspecified atom stereocenters. The van der Waals surface area contributed by atoms with Crippen LogP contribution < -0.4 is 0 Å². The average Bonchev–Trinajstić information content (AvgIpc) is 3.17. The summed E-state index contributed by atoms with van der Waals surface area (Å²) in [5.74, 6) is -0.171. The maximum Gasteiger partial charge on any atom is 0.261 e. The molecule has 0 aliphatic carbocycles. The molecule has 0 N–H and O–H groups in total. The molecule has 0 spiro atoms. The van der Waals surface area contributed by atoms with E-state index < -0.39 is 11.2 Å². The van der Waals surface area contributed by atoms with E-state index in [1.54, 1.807) is 36.6 Å². The van der Waals surface area contributed by atoms with Gasteiger partial charge in [0, 0.05) is 18.0 Å². The molecule has 5 rings (SSSR count). The molecule has 0 saturated carbocycles. The third kappa shape index (κ3) is 5.65. The molecule has 8 heteroatoms. The predicted octanol–water partition coefficient (Wildman–Crippen LogP) is 6.38. The van der Waals surface area contributed by atoms with Crippen LogP contribution in [0.4, 0.5) is 0 Å². The lowest BCUT2D eigenvalue weighted by Crippen LogP contribution is -2.37. The number of rotatable bonds is 8. The van der Waals surface area contributed by atoms with Gasteiger partial charge < -0.3 is 9.45 Å². The van der Waals surface area contributed by atoms with Crippen LogP contribution in [0.1, 0.15) is 62.9 Å². The van der Waals surface area contributed by atoms with Crippen molar-refractivity contribution < 1.29 is 14.1 Å². The first-order chi connectivity index (χ1) is 18.3. The largest absolute Gasteiger partial charge is 0.612 e. The number of piperidine rings is 1. The molecule has 1 fully saturated rings. The SMILES string of the molecule is C[S+]([O-])c1ccccc1C1CCN(CCC(CN2C(=O)c3ccccc3C2=O)c2ccc(Cl)c(Cl)c2)CC1. The summed E-state index contributed by atoms with van der Waals surface area (Å²) in [6, 6.07) is 20.6. The second kappa shape index (κ2) is 11.8. The monoisotopic (exact) mass is 568 g/mol. The molecule has 2 amide bonds. The minimum Gasteiger partial charge on any atom is -0.612 e. The Morgan fingerprint density at radius 1 is 0.921 bits per heavy atom. The van der Waals surface area contributed by atoms with Gasteiger partial charge in [-0.05, 0) is 91.9 Å². The van der Waals surface area contributed by atoms with Crippen molar-refractivity contribution in [1.29, 1.82) is 0 Å². The molecule has 1 saturated heterocycles. The number of halogens is 2. The molecular formula is C30H30Cl2N2O3S. The number of benzene rings is 3. The third-order valence-electron chi connectivity index (χ3n) is 7.75. The van der Waals surface area contributed by atoms with Gasteiger partial charge in [-0.2, -0.15) is 0 Å². The van der Waals surface area contributed by atoms with Crippen LogP contribution in [-0.2, 0) is 11.2 Å². The van der Waals surface area contributed by atoms with Crippen molar-refractivity contribution >= 4 is 46.2 Å². The maximum absolute atomic E-state index is 13.1. The summed E-state index contributed by atoms with van der Waals surface area (Å²) in [5, 5.41) is 0.939. The zero-order valence-electron chi connectivity index (χ0n) is 21.2. The number of carbonyl (C=O) groups excluding carboxylic acids is 2. The second-order valence-corrected chi connectivity index (χ2v) is 12.2. The van der Waals surface area contributed by atoms with Gasteiger partial charge >= 0.3 is 0 Å². The van der Waals surface area contributed by atoms with Crippen molar-refractivity contribution in [3.8, 4) is 0 Å². The van der Waals surface area contributed by atoms with Crippen molar-refractivity contribution in [2.24, 2.45) is 0 Å². The Morgan fingerprint density at radius 2 is 1.55 bits per heavy atom. The summed E-state index contributed by atoms with van der Waals surface area (Å²) in [4.78, 5) is 30.9. The van der Waals surface area contributed by atoms with Gasteiger partial charge in [0.15, 0.2) is 4.90 Å². The van der Waals surface area contributed by atoms with Gasteiger partial charge in [-0.25, -0.2) is 0 Å². The number of nitrogens with zero attached hydrogens (tertiary/aromatic N) is 2. The molecule has 3 aromatic rings. The standard InChI is InChI=1S/C30H30Cl2N2O3S/c1-38(37)28-9-5-4-6-23(28)20-12-15-33(16-13-20)17-14-22(21-10-11-26(31)27(32)18-21)19-34-29(35)24-7-2-3-8-25(24)30(34)36/h2-11,18,20,22H,12-17,19H2,1H3. The summed E-state index contributed by atoms with van der Waals surface area (Å²) in [6.45, 7) is 3.01. The van der Waals surface area contributed by atoms with Crippen LogP contribution in [-0.4, -0.2) is 58.6 Å². The van der Waals surface area contributed by atoms with Crippen molar-refractivity contribution in [2.45, 2.75) is 36.0 Å². The normalized spacial score (nSPS) is 18.1. The Balaban J connectivity index is 1.28. The number of hydrogen-bond donors (Lipinski definition) is 0. The Bertz CT molecular complexity index is 1310. The smallest absolute Gasteiger partial charge is 0.261 e. The number of fused-ring (bicyclic) bond motifs is 1. The summed E-state index contributed by atoms with van der Waals surface area (Å²) >= 11 is 11.5. The van der Waals surface area contributed by atoms with Crippen LogP contribution in [0, 0.1) is 0 Å². The van der Waals surface area contributed by atoms with E-state index in [-0.39, 0.29) is 24.3 Å². The van der Waals surface area contributed by atoms with E-state index in [0.29, 0.717) is 27.1 Å². The minimum absolute atomic E-state index is 0.0760. The van der Waals surface area contributed by atoms with Crippen LogP contribution in [0.15, 0.2) is 71.6 Å². The van der Waals surface area contributed by atoms with Crippen molar-refractivity contribution in [3.63, 3.8) is 0 Å². The van der Waals surface area contributed by atoms with E-state index >= 15 is 0 Å². The molecule has 2 heterocycles. The number of likely N-dealkylation sites (tertiary alicyclic amines) is 1. The fraction of sp³-hybridized carbons (Fsp3) is 0.333. The van der Waals surface area contributed by atoms with E-state index in [2.05, 4.69) is 11.0 Å². The topological polar surface area (TPSA) is 63.7 Å². The molecule has 0 bridgehead atoms. The molecule has 5 nitrogen and oxygen atoms in total. The first-order valence-corrected chi connectivity index (χ1v) is 15.2. The van der Waals surface area contributed by atoms with E-state index in [1.807, 2.05) is 30.3 Å². The van der Waals surface area contributed by atoms with Gasteiger partial charge in [-0.3, -0.25) is 14.5 Å². The molecule has 0 aromatic heterocycles. The summed E-state index contributed by atoms with van der Waals surface area (Å²) in [6.07, 6.45) is 4.52. The van der Waals surface area contributed by atoms with Crippen LogP contribution in [0.2, 0.25) is 10.0 Å². The molecule has 38 heavy (non-hydrogen) atoms. The van der Waals surface area contributed by atoms with Crippen LogP contribution in [0.3, 0.4) is 0 Å². The highest BCUT2D eigenvalue weighted by atomic mass is 35.5. The van der Waals surface area contributed by atoms with E-state index in [9.17, 15) is 14.1 Å². The molecule has 198 valence electrons. The summed E-state index contributed by atoms with van der Waals surface area (Å²) < 4.78 is 12.2. The lowest BCUT2D eigenvalue weighted by atomic mass is 9.88.